The Kier molecular flexibility index (Phi) is 3.63. The van der Waals surface area contributed by atoms with E-state index in [2.05, 4.69) is 37.0 Å². The van der Waals surface area contributed by atoms with Crippen LogP contribution < -0.4 is 4.90 Å². The molecule has 18 heavy (non-hydrogen) atoms. The standard InChI is InChI=1S/C15H18N2O/c1-11-7-12(2)9-14(8-11)17(3)15-6-4-5-13(10-18)16-15/h4-9,18H,10H2,1-3H3. The molecule has 0 radical (unpaired) electrons. The highest BCUT2D eigenvalue weighted by atomic mass is 16.3. The van der Waals surface area contributed by atoms with Gasteiger partial charge in [-0.1, -0.05) is 12.1 Å². The lowest BCUT2D eigenvalue weighted by Crippen LogP contribution is -2.12. The van der Waals surface area contributed by atoms with Gasteiger partial charge in [-0.2, -0.15) is 0 Å². The van der Waals surface area contributed by atoms with Gasteiger partial charge in [0.15, 0.2) is 0 Å². The first-order valence-electron chi connectivity index (χ1n) is 5.99. The monoisotopic (exact) mass is 242 g/mol. The lowest BCUT2D eigenvalue weighted by atomic mass is 10.1. The van der Waals surface area contributed by atoms with Crippen LogP contribution in [0.2, 0.25) is 0 Å². The Labute approximate surface area is 108 Å². The number of aromatic nitrogens is 1. The number of aliphatic hydroxyl groups excluding tert-OH is 1. The fraction of sp³-hybridized carbons (Fsp3) is 0.267. The zero-order chi connectivity index (χ0) is 13.1. The summed E-state index contributed by atoms with van der Waals surface area (Å²) in [5, 5.41) is 9.12. The van der Waals surface area contributed by atoms with Crippen LogP contribution in [0.3, 0.4) is 0 Å². The third-order valence-electron chi connectivity index (χ3n) is 2.89. The molecule has 0 atom stereocenters. The van der Waals surface area contributed by atoms with Gasteiger partial charge < -0.3 is 10.0 Å². The number of rotatable bonds is 3. The molecule has 0 amide bonds. The van der Waals surface area contributed by atoms with E-state index in [0.717, 1.165) is 11.5 Å². The molecule has 94 valence electrons. The first-order valence-corrected chi connectivity index (χ1v) is 5.99. The number of pyridine rings is 1. The van der Waals surface area contributed by atoms with Crippen molar-refractivity contribution >= 4 is 11.5 Å². The molecular formula is C15H18N2O. The van der Waals surface area contributed by atoms with Crippen LogP contribution in [0.5, 0.6) is 0 Å². The van der Waals surface area contributed by atoms with Crippen LogP contribution in [0, 0.1) is 13.8 Å². The van der Waals surface area contributed by atoms with E-state index >= 15 is 0 Å². The summed E-state index contributed by atoms with van der Waals surface area (Å²) in [6.45, 7) is 4.14. The van der Waals surface area contributed by atoms with E-state index in [0.29, 0.717) is 5.69 Å². The molecule has 0 bridgehead atoms. The van der Waals surface area contributed by atoms with Gasteiger partial charge in [0, 0.05) is 12.7 Å². The Morgan fingerprint density at radius 2 is 1.78 bits per heavy atom. The predicted octanol–water partition coefficient (Wildman–Crippen LogP) is 2.96. The SMILES string of the molecule is Cc1cc(C)cc(N(C)c2cccc(CO)n2)c1. The van der Waals surface area contributed by atoms with Crippen molar-refractivity contribution in [3.8, 4) is 0 Å². The van der Waals surface area contributed by atoms with Gasteiger partial charge in [0.1, 0.15) is 5.82 Å². The molecule has 0 aliphatic heterocycles. The summed E-state index contributed by atoms with van der Waals surface area (Å²) < 4.78 is 0. The number of aliphatic hydroxyl groups is 1. The Morgan fingerprint density at radius 3 is 2.39 bits per heavy atom. The minimum atomic E-state index is -0.0332. The van der Waals surface area contributed by atoms with Crippen molar-refractivity contribution in [1.29, 1.82) is 0 Å². The maximum atomic E-state index is 9.12. The van der Waals surface area contributed by atoms with E-state index in [1.54, 1.807) is 0 Å². The maximum Gasteiger partial charge on any atom is 0.133 e. The Hall–Kier alpha value is -1.87. The molecule has 0 aliphatic carbocycles. The van der Waals surface area contributed by atoms with Crippen LogP contribution in [0.4, 0.5) is 11.5 Å². The normalized spacial score (nSPS) is 10.4. The third-order valence-corrected chi connectivity index (χ3v) is 2.89. The van der Waals surface area contributed by atoms with Crippen molar-refractivity contribution in [2.75, 3.05) is 11.9 Å². The molecule has 0 fully saturated rings. The number of hydrogen-bond acceptors (Lipinski definition) is 3. The zero-order valence-electron chi connectivity index (χ0n) is 11.0. The van der Waals surface area contributed by atoms with Crippen LogP contribution in [-0.4, -0.2) is 17.1 Å². The Balaban J connectivity index is 2.37. The summed E-state index contributed by atoms with van der Waals surface area (Å²) in [4.78, 5) is 6.43. The van der Waals surface area contributed by atoms with E-state index in [-0.39, 0.29) is 6.61 Å². The quantitative estimate of drug-likeness (QED) is 0.899. The summed E-state index contributed by atoms with van der Waals surface area (Å²) in [5.74, 6) is 0.839. The Morgan fingerprint density at radius 1 is 1.11 bits per heavy atom. The van der Waals surface area contributed by atoms with Crippen molar-refractivity contribution in [1.82, 2.24) is 4.98 Å². The molecule has 0 spiro atoms. The van der Waals surface area contributed by atoms with E-state index in [9.17, 15) is 0 Å². The second-order valence-electron chi connectivity index (χ2n) is 4.55. The molecule has 1 N–H and O–H groups in total. The van der Waals surface area contributed by atoms with Crippen molar-refractivity contribution in [3.63, 3.8) is 0 Å². The van der Waals surface area contributed by atoms with Crippen molar-refractivity contribution in [2.24, 2.45) is 0 Å². The molecule has 0 unspecified atom stereocenters. The largest absolute Gasteiger partial charge is 0.390 e. The predicted molar refractivity (Wildman–Crippen MR) is 74.1 cm³/mol. The molecular weight excluding hydrogens is 224 g/mol. The molecule has 2 rings (SSSR count). The number of aryl methyl sites for hydroxylation is 2. The fourth-order valence-corrected chi connectivity index (χ4v) is 2.02. The summed E-state index contributed by atoms with van der Waals surface area (Å²) in [7, 11) is 1.98. The van der Waals surface area contributed by atoms with Gasteiger partial charge in [-0.3, -0.25) is 0 Å². The smallest absolute Gasteiger partial charge is 0.133 e. The molecule has 2 aromatic rings. The average Bonchev–Trinajstić information content (AvgIpc) is 2.37. The van der Waals surface area contributed by atoms with Gasteiger partial charge in [0.05, 0.1) is 12.3 Å². The third kappa shape index (κ3) is 2.68. The molecule has 1 aromatic heterocycles. The lowest BCUT2D eigenvalue weighted by Gasteiger charge is -2.20. The van der Waals surface area contributed by atoms with E-state index in [1.807, 2.05) is 30.1 Å². The molecule has 3 heteroatoms. The van der Waals surface area contributed by atoms with Gasteiger partial charge in [0.2, 0.25) is 0 Å². The zero-order valence-corrected chi connectivity index (χ0v) is 11.0. The fourth-order valence-electron chi connectivity index (χ4n) is 2.02. The number of benzene rings is 1. The molecule has 0 saturated heterocycles. The summed E-state index contributed by atoms with van der Waals surface area (Å²) in [6, 6.07) is 12.1. The van der Waals surface area contributed by atoms with Gasteiger partial charge in [-0.15, -0.1) is 0 Å². The van der Waals surface area contributed by atoms with E-state index in [4.69, 9.17) is 5.11 Å². The van der Waals surface area contributed by atoms with E-state index < -0.39 is 0 Å². The van der Waals surface area contributed by atoms with Crippen LogP contribution in [0.25, 0.3) is 0 Å². The van der Waals surface area contributed by atoms with Crippen molar-refractivity contribution < 1.29 is 5.11 Å². The van der Waals surface area contributed by atoms with Gasteiger partial charge in [-0.25, -0.2) is 4.98 Å². The molecule has 1 heterocycles. The highest BCUT2D eigenvalue weighted by molar-refractivity contribution is 5.61. The second-order valence-corrected chi connectivity index (χ2v) is 4.55. The summed E-state index contributed by atoms with van der Waals surface area (Å²) >= 11 is 0. The highest BCUT2D eigenvalue weighted by Gasteiger charge is 2.07. The number of nitrogens with zero attached hydrogens (tertiary/aromatic N) is 2. The maximum absolute atomic E-state index is 9.12. The second kappa shape index (κ2) is 5.19. The number of hydrogen-bond donors (Lipinski definition) is 1. The summed E-state index contributed by atoms with van der Waals surface area (Å²) in [5.41, 5.74) is 4.25. The minimum absolute atomic E-state index is 0.0332. The van der Waals surface area contributed by atoms with Crippen LogP contribution in [0.15, 0.2) is 36.4 Å². The van der Waals surface area contributed by atoms with Crippen LogP contribution in [0.1, 0.15) is 16.8 Å². The minimum Gasteiger partial charge on any atom is -0.390 e. The van der Waals surface area contributed by atoms with Crippen molar-refractivity contribution in [2.45, 2.75) is 20.5 Å². The number of anilines is 2. The molecule has 0 saturated carbocycles. The lowest BCUT2D eigenvalue weighted by molar-refractivity contribution is 0.277. The van der Waals surface area contributed by atoms with Crippen LogP contribution in [-0.2, 0) is 6.61 Å². The molecule has 3 nitrogen and oxygen atoms in total. The topological polar surface area (TPSA) is 36.4 Å². The highest BCUT2D eigenvalue weighted by Crippen LogP contribution is 2.24. The first kappa shape index (κ1) is 12.6. The van der Waals surface area contributed by atoms with E-state index in [1.165, 1.54) is 11.1 Å². The van der Waals surface area contributed by atoms with Gasteiger partial charge >= 0.3 is 0 Å². The molecule has 0 aliphatic rings. The average molecular weight is 242 g/mol. The first-order chi connectivity index (χ1) is 8.60. The van der Waals surface area contributed by atoms with Crippen molar-refractivity contribution in [3.05, 3.63) is 53.2 Å². The molecule has 1 aromatic carbocycles. The Bertz CT molecular complexity index is 532. The van der Waals surface area contributed by atoms with Crippen LogP contribution >= 0.6 is 0 Å². The van der Waals surface area contributed by atoms with Gasteiger partial charge in [-0.05, 0) is 49.2 Å². The van der Waals surface area contributed by atoms with Gasteiger partial charge in [0.25, 0.3) is 0 Å². The summed E-state index contributed by atoms with van der Waals surface area (Å²) in [6.07, 6.45) is 0.